The second-order valence-corrected chi connectivity index (χ2v) is 5.65. The van der Waals surface area contributed by atoms with E-state index < -0.39 is 0 Å². The molecule has 0 aromatic heterocycles. The monoisotopic (exact) mass is 287 g/mol. The Hall–Kier alpha value is -1.31. The molecule has 0 radical (unpaired) electrons. The van der Waals surface area contributed by atoms with Gasteiger partial charge in [-0.1, -0.05) is 53.6 Å². The summed E-state index contributed by atoms with van der Waals surface area (Å²) in [5.41, 5.74) is 6.72. The van der Waals surface area contributed by atoms with Crippen molar-refractivity contribution >= 4 is 12.4 Å². The molecule has 20 heavy (non-hydrogen) atoms. The number of halogens is 1. The fraction of sp³-hybridized carbons (Fsp3) is 0.333. The van der Waals surface area contributed by atoms with Gasteiger partial charge in [0, 0.05) is 6.04 Å². The number of rotatable bonds is 2. The Morgan fingerprint density at radius 3 is 2.10 bits per heavy atom. The second-order valence-electron chi connectivity index (χ2n) is 5.65. The van der Waals surface area contributed by atoms with Gasteiger partial charge in [0.15, 0.2) is 0 Å². The summed E-state index contributed by atoms with van der Waals surface area (Å²) in [6.45, 7) is 5.48. The van der Waals surface area contributed by atoms with Crippen molar-refractivity contribution in [2.75, 3.05) is 6.54 Å². The topological polar surface area (TPSA) is 12.0 Å². The van der Waals surface area contributed by atoms with Crippen LogP contribution in [0, 0.1) is 13.8 Å². The molecule has 1 aliphatic rings. The van der Waals surface area contributed by atoms with Gasteiger partial charge in [0.25, 0.3) is 0 Å². The van der Waals surface area contributed by atoms with Crippen LogP contribution >= 0.6 is 12.4 Å². The molecule has 0 saturated carbocycles. The minimum Gasteiger partial charge on any atom is -0.310 e. The summed E-state index contributed by atoms with van der Waals surface area (Å²) in [5.74, 6) is 0. The molecule has 2 heteroatoms. The molecule has 0 aliphatic carbocycles. The van der Waals surface area contributed by atoms with Crippen LogP contribution in [0.5, 0.6) is 0 Å². The van der Waals surface area contributed by atoms with E-state index >= 15 is 0 Å². The average Bonchev–Trinajstić information content (AvgIpc) is 2.91. The lowest BCUT2D eigenvalue weighted by Crippen LogP contribution is -2.12. The molecule has 0 bridgehead atoms. The lowest BCUT2D eigenvalue weighted by atomic mass is 9.98. The van der Waals surface area contributed by atoms with Crippen molar-refractivity contribution in [3.63, 3.8) is 0 Å². The van der Waals surface area contributed by atoms with Gasteiger partial charge in [-0.15, -0.1) is 12.4 Å². The Balaban J connectivity index is 0.00000147. The second kappa shape index (κ2) is 6.43. The fourth-order valence-electron chi connectivity index (χ4n) is 3.02. The minimum atomic E-state index is 0. The summed E-state index contributed by atoms with van der Waals surface area (Å²) in [5, 5.41) is 3.55. The molecule has 1 nitrogen and oxygen atoms in total. The molecule has 106 valence electrons. The van der Waals surface area contributed by atoms with Gasteiger partial charge in [0.2, 0.25) is 0 Å². The van der Waals surface area contributed by atoms with Gasteiger partial charge in [0.1, 0.15) is 0 Å². The highest BCUT2D eigenvalue weighted by Crippen LogP contribution is 2.27. The van der Waals surface area contributed by atoms with Gasteiger partial charge in [0.05, 0.1) is 0 Å². The molecular formula is C18H22ClN. The van der Waals surface area contributed by atoms with Crippen molar-refractivity contribution in [2.45, 2.75) is 32.7 Å². The van der Waals surface area contributed by atoms with Gasteiger partial charge in [-0.05, 0) is 49.9 Å². The van der Waals surface area contributed by atoms with Crippen LogP contribution in [0.4, 0.5) is 0 Å². The Labute approximate surface area is 127 Å². The van der Waals surface area contributed by atoms with Gasteiger partial charge >= 0.3 is 0 Å². The Kier molecular flexibility index (Phi) is 4.85. The first-order valence-electron chi connectivity index (χ1n) is 7.14. The third-order valence-corrected chi connectivity index (χ3v) is 3.93. The van der Waals surface area contributed by atoms with Gasteiger partial charge in [-0.25, -0.2) is 0 Å². The largest absolute Gasteiger partial charge is 0.310 e. The third-order valence-electron chi connectivity index (χ3n) is 3.93. The molecule has 1 unspecified atom stereocenters. The Bertz CT molecular complexity index is 548. The van der Waals surface area contributed by atoms with E-state index in [0.29, 0.717) is 6.04 Å². The predicted octanol–water partition coefficient (Wildman–Crippen LogP) is 4.82. The quantitative estimate of drug-likeness (QED) is 0.835. The summed E-state index contributed by atoms with van der Waals surface area (Å²) < 4.78 is 0. The zero-order valence-electron chi connectivity index (χ0n) is 12.1. The maximum absolute atomic E-state index is 3.55. The van der Waals surface area contributed by atoms with E-state index in [1.54, 1.807) is 0 Å². The van der Waals surface area contributed by atoms with Gasteiger partial charge in [-0.3, -0.25) is 0 Å². The maximum atomic E-state index is 3.55. The molecule has 1 fully saturated rings. The van der Waals surface area contributed by atoms with Crippen LogP contribution in [0.15, 0.2) is 42.5 Å². The SMILES string of the molecule is Cc1cc(C)cc(-c2ccc(C3CCCN3)cc2)c1.Cl. The molecule has 1 N–H and O–H groups in total. The summed E-state index contributed by atoms with van der Waals surface area (Å²) in [4.78, 5) is 0. The van der Waals surface area contributed by atoms with Crippen molar-refractivity contribution in [3.05, 3.63) is 59.2 Å². The molecule has 2 aromatic rings. The highest BCUT2D eigenvalue weighted by atomic mass is 35.5. The van der Waals surface area contributed by atoms with Gasteiger partial charge in [-0.2, -0.15) is 0 Å². The summed E-state index contributed by atoms with van der Waals surface area (Å²) >= 11 is 0. The number of hydrogen-bond donors (Lipinski definition) is 1. The minimum absolute atomic E-state index is 0. The molecule has 0 amide bonds. The third kappa shape index (κ3) is 3.23. The van der Waals surface area contributed by atoms with E-state index in [2.05, 4.69) is 61.6 Å². The van der Waals surface area contributed by atoms with E-state index in [1.807, 2.05) is 0 Å². The maximum Gasteiger partial charge on any atom is 0.0320 e. The van der Waals surface area contributed by atoms with Crippen LogP contribution in [0.1, 0.15) is 35.6 Å². The van der Waals surface area contributed by atoms with Crippen molar-refractivity contribution in [1.82, 2.24) is 5.32 Å². The lowest BCUT2D eigenvalue weighted by molar-refractivity contribution is 0.648. The Morgan fingerprint density at radius 1 is 0.900 bits per heavy atom. The van der Waals surface area contributed by atoms with Gasteiger partial charge < -0.3 is 5.32 Å². The number of hydrogen-bond acceptors (Lipinski definition) is 1. The van der Waals surface area contributed by atoms with Crippen LogP contribution in [0.2, 0.25) is 0 Å². The van der Waals surface area contributed by atoms with Crippen LogP contribution in [0.25, 0.3) is 11.1 Å². The zero-order chi connectivity index (χ0) is 13.2. The number of aryl methyl sites for hydroxylation is 2. The first-order valence-corrected chi connectivity index (χ1v) is 7.14. The van der Waals surface area contributed by atoms with E-state index in [-0.39, 0.29) is 12.4 Å². The van der Waals surface area contributed by atoms with E-state index in [4.69, 9.17) is 0 Å². The van der Waals surface area contributed by atoms with E-state index in [1.165, 1.54) is 40.7 Å². The molecule has 1 atom stereocenters. The summed E-state index contributed by atoms with van der Waals surface area (Å²) in [7, 11) is 0. The molecule has 1 saturated heterocycles. The van der Waals surface area contributed by atoms with E-state index in [9.17, 15) is 0 Å². The zero-order valence-corrected chi connectivity index (χ0v) is 13.0. The van der Waals surface area contributed by atoms with E-state index in [0.717, 1.165) is 6.54 Å². The molecule has 3 rings (SSSR count). The highest BCUT2D eigenvalue weighted by molar-refractivity contribution is 5.85. The molecule has 1 aliphatic heterocycles. The fourth-order valence-corrected chi connectivity index (χ4v) is 3.02. The Morgan fingerprint density at radius 2 is 1.55 bits per heavy atom. The summed E-state index contributed by atoms with van der Waals surface area (Å²) in [6.07, 6.45) is 2.56. The molecule has 2 aromatic carbocycles. The first-order chi connectivity index (χ1) is 9.22. The van der Waals surface area contributed by atoms with Crippen LogP contribution in [0.3, 0.4) is 0 Å². The highest BCUT2D eigenvalue weighted by Gasteiger charge is 2.15. The smallest absolute Gasteiger partial charge is 0.0320 e. The normalized spacial score (nSPS) is 17.8. The van der Waals surface area contributed by atoms with Crippen molar-refractivity contribution < 1.29 is 0 Å². The summed E-state index contributed by atoms with van der Waals surface area (Å²) in [6, 6.07) is 16.4. The molecule has 0 spiro atoms. The predicted molar refractivity (Wildman–Crippen MR) is 88.6 cm³/mol. The lowest BCUT2D eigenvalue weighted by Gasteiger charge is -2.12. The molecule has 1 heterocycles. The number of nitrogens with one attached hydrogen (secondary N) is 1. The average molecular weight is 288 g/mol. The van der Waals surface area contributed by atoms with Crippen LogP contribution in [-0.4, -0.2) is 6.54 Å². The molecular weight excluding hydrogens is 266 g/mol. The van der Waals surface area contributed by atoms with Crippen LogP contribution < -0.4 is 5.32 Å². The number of benzene rings is 2. The van der Waals surface area contributed by atoms with Crippen molar-refractivity contribution in [3.8, 4) is 11.1 Å². The first kappa shape index (κ1) is 15.1. The van der Waals surface area contributed by atoms with Crippen LogP contribution in [-0.2, 0) is 0 Å². The van der Waals surface area contributed by atoms with Crippen molar-refractivity contribution in [2.24, 2.45) is 0 Å². The standard InChI is InChI=1S/C18H21N.ClH/c1-13-10-14(2)12-17(11-13)15-5-7-16(8-6-15)18-4-3-9-19-18;/h5-8,10-12,18-19H,3-4,9H2,1-2H3;1H. The van der Waals surface area contributed by atoms with Crippen molar-refractivity contribution in [1.29, 1.82) is 0 Å².